The zero-order valence-electron chi connectivity index (χ0n) is 11.5. The van der Waals surface area contributed by atoms with Crippen molar-refractivity contribution in [2.75, 3.05) is 0 Å². The molecule has 0 bridgehead atoms. The molecule has 1 aromatic rings. The highest BCUT2D eigenvalue weighted by molar-refractivity contribution is 5.06. The first-order chi connectivity index (χ1) is 8.83. The van der Waals surface area contributed by atoms with Crippen molar-refractivity contribution in [3.05, 3.63) is 18.2 Å². The van der Waals surface area contributed by atoms with Crippen molar-refractivity contribution in [3.63, 3.8) is 0 Å². The molecule has 0 spiro atoms. The Labute approximate surface area is 110 Å². The highest BCUT2D eigenvalue weighted by Gasteiger charge is 2.27. The second-order valence-corrected chi connectivity index (χ2v) is 5.53. The summed E-state index contributed by atoms with van der Waals surface area (Å²) in [6, 6.07) is 0.613. The summed E-state index contributed by atoms with van der Waals surface area (Å²) in [6.07, 6.45) is 14.4. The fourth-order valence-electron chi connectivity index (χ4n) is 2.50. The largest absolute Gasteiger partial charge is 0.387 e. The van der Waals surface area contributed by atoms with Gasteiger partial charge in [0.2, 0.25) is 0 Å². The van der Waals surface area contributed by atoms with E-state index < -0.39 is 0 Å². The molecule has 0 saturated heterocycles. The molecule has 1 atom stereocenters. The van der Waals surface area contributed by atoms with Gasteiger partial charge in [0.25, 0.3) is 0 Å². The van der Waals surface area contributed by atoms with E-state index in [1.807, 2.05) is 12.5 Å². The minimum absolute atomic E-state index is 0.320. The van der Waals surface area contributed by atoms with Crippen LogP contribution in [0.2, 0.25) is 0 Å². The fraction of sp³-hybridized carbons (Fsp3) is 0.800. The standard InChI is InChI=1S/C15H26N2O/c1-2-3-4-5-6-7-8-15(18)14-11-16-12-17(14)13-9-10-13/h11-13,15,18H,2-10H2,1H3. The molecule has 2 rings (SSSR count). The maximum absolute atomic E-state index is 10.2. The van der Waals surface area contributed by atoms with E-state index >= 15 is 0 Å². The highest BCUT2D eigenvalue weighted by Crippen LogP contribution is 2.37. The van der Waals surface area contributed by atoms with Crippen LogP contribution in [0.5, 0.6) is 0 Å². The van der Waals surface area contributed by atoms with Crippen LogP contribution in [0, 0.1) is 0 Å². The van der Waals surface area contributed by atoms with E-state index in [1.165, 1.54) is 44.9 Å². The van der Waals surface area contributed by atoms with Gasteiger partial charge in [-0.25, -0.2) is 4.98 Å². The lowest BCUT2D eigenvalue weighted by Crippen LogP contribution is -2.05. The molecule has 1 saturated carbocycles. The fourth-order valence-corrected chi connectivity index (χ4v) is 2.50. The summed E-state index contributed by atoms with van der Waals surface area (Å²) < 4.78 is 2.17. The van der Waals surface area contributed by atoms with Gasteiger partial charge in [0.05, 0.1) is 24.3 Å². The van der Waals surface area contributed by atoms with Crippen LogP contribution in [0.3, 0.4) is 0 Å². The van der Waals surface area contributed by atoms with E-state index in [1.54, 1.807) is 0 Å². The van der Waals surface area contributed by atoms with Gasteiger partial charge in [-0.1, -0.05) is 45.4 Å². The zero-order valence-corrected chi connectivity index (χ0v) is 11.5. The Morgan fingerprint density at radius 3 is 2.72 bits per heavy atom. The quantitative estimate of drug-likeness (QED) is 0.673. The zero-order chi connectivity index (χ0) is 12.8. The minimum atomic E-state index is -0.320. The first-order valence-corrected chi connectivity index (χ1v) is 7.52. The molecular weight excluding hydrogens is 224 g/mol. The molecule has 3 heteroatoms. The molecule has 1 aliphatic carbocycles. The van der Waals surface area contributed by atoms with Gasteiger partial charge >= 0.3 is 0 Å². The topological polar surface area (TPSA) is 38.1 Å². The van der Waals surface area contributed by atoms with Gasteiger partial charge in [0, 0.05) is 6.04 Å². The first kappa shape index (κ1) is 13.6. The van der Waals surface area contributed by atoms with Gasteiger partial charge in [-0.15, -0.1) is 0 Å². The van der Waals surface area contributed by atoms with Crippen molar-refractivity contribution in [3.8, 4) is 0 Å². The number of aliphatic hydroxyl groups is 1. The lowest BCUT2D eigenvalue weighted by molar-refractivity contribution is 0.154. The summed E-state index contributed by atoms with van der Waals surface area (Å²) in [6.45, 7) is 2.24. The molecular formula is C15H26N2O. The molecule has 102 valence electrons. The Kier molecular flexibility index (Phi) is 5.24. The maximum atomic E-state index is 10.2. The third-order valence-corrected chi connectivity index (χ3v) is 3.81. The van der Waals surface area contributed by atoms with Crippen molar-refractivity contribution < 1.29 is 5.11 Å². The van der Waals surface area contributed by atoms with Crippen LogP contribution in [0.1, 0.15) is 82.6 Å². The number of aromatic nitrogens is 2. The summed E-state index contributed by atoms with van der Waals surface area (Å²) in [5, 5.41) is 10.2. The number of hydrogen-bond acceptors (Lipinski definition) is 2. The summed E-state index contributed by atoms with van der Waals surface area (Å²) in [5.41, 5.74) is 1.02. The third kappa shape index (κ3) is 3.84. The Hall–Kier alpha value is -0.830. The average molecular weight is 250 g/mol. The molecule has 0 aromatic carbocycles. The van der Waals surface area contributed by atoms with Crippen molar-refractivity contribution in [2.24, 2.45) is 0 Å². The second kappa shape index (κ2) is 6.93. The summed E-state index contributed by atoms with van der Waals surface area (Å²) >= 11 is 0. The van der Waals surface area contributed by atoms with E-state index in [-0.39, 0.29) is 6.10 Å². The Morgan fingerprint density at radius 2 is 2.00 bits per heavy atom. The molecule has 1 fully saturated rings. The lowest BCUT2D eigenvalue weighted by Gasteiger charge is -2.13. The molecule has 0 aliphatic heterocycles. The van der Waals surface area contributed by atoms with Crippen LogP contribution in [0.25, 0.3) is 0 Å². The molecule has 3 nitrogen and oxygen atoms in total. The van der Waals surface area contributed by atoms with Gasteiger partial charge in [-0.2, -0.15) is 0 Å². The molecule has 0 amide bonds. The first-order valence-electron chi connectivity index (χ1n) is 7.52. The van der Waals surface area contributed by atoms with Crippen LogP contribution < -0.4 is 0 Å². The van der Waals surface area contributed by atoms with Crippen LogP contribution >= 0.6 is 0 Å². The summed E-state index contributed by atoms with van der Waals surface area (Å²) in [5.74, 6) is 0. The predicted molar refractivity (Wildman–Crippen MR) is 73.5 cm³/mol. The van der Waals surface area contributed by atoms with E-state index in [0.29, 0.717) is 6.04 Å². The highest BCUT2D eigenvalue weighted by atomic mass is 16.3. The van der Waals surface area contributed by atoms with Gasteiger partial charge in [-0.05, 0) is 19.3 Å². The number of rotatable bonds is 9. The van der Waals surface area contributed by atoms with Gasteiger partial charge in [-0.3, -0.25) is 0 Å². The van der Waals surface area contributed by atoms with Crippen molar-refractivity contribution in [1.82, 2.24) is 9.55 Å². The van der Waals surface area contributed by atoms with Gasteiger partial charge in [0.1, 0.15) is 0 Å². The molecule has 1 unspecified atom stereocenters. The van der Waals surface area contributed by atoms with Crippen LogP contribution in [-0.2, 0) is 0 Å². The van der Waals surface area contributed by atoms with Crippen LogP contribution in [-0.4, -0.2) is 14.7 Å². The van der Waals surface area contributed by atoms with Gasteiger partial charge < -0.3 is 9.67 Å². The Bertz CT molecular complexity index is 344. The number of aliphatic hydroxyl groups excluding tert-OH is 1. The van der Waals surface area contributed by atoms with Crippen LogP contribution in [0.15, 0.2) is 12.5 Å². The molecule has 0 radical (unpaired) electrons. The number of hydrogen-bond donors (Lipinski definition) is 1. The molecule has 1 heterocycles. The third-order valence-electron chi connectivity index (χ3n) is 3.81. The summed E-state index contributed by atoms with van der Waals surface area (Å²) in [4.78, 5) is 4.18. The van der Waals surface area contributed by atoms with E-state index in [0.717, 1.165) is 18.5 Å². The monoisotopic (exact) mass is 250 g/mol. The number of nitrogens with zero attached hydrogens (tertiary/aromatic N) is 2. The predicted octanol–water partition coefficient (Wildman–Crippen LogP) is 4.00. The second-order valence-electron chi connectivity index (χ2n) is 5.53. The van der Waals surface area contributed by atoms with Crippen LogP contribution in [0.4, 0.5) is 0 Å². The van der Waals surface area contributed by atoms with E-state index in [4.69, 9.17) is 0 Å². The van der Waals surface area contributed by atoms with Crippen molar-refractivity contribution in [1.29, 1.82) is 0 Å². The maximum Gasteiger partial charge on any atom is 0.0955 e. The SMILES string of the molecule is CCCCCCCCC(O)c1cncn1C1CC1. The van der Waals surface area contributed by atoms with E-state index in [2.05, 4.69) is 16.5 Å². The molecule has 1 aromatic heterocycles. The lowest BCUT2D eigenvalue weighted by atomic mass is 10.1. The summed E-state index contributed by atoms with van der Waals surface area (Å²) in [7, 11) is 0. The number of unbranched alkanes of at least 4 members (excludes halogenated alkanes) is 5. The number of imidazole rings is 1. The Balaban J connectivity index is 1.67. The van der Waals surface area contributed by atoms with E-state index in [9.17, 15) is 5.11 Å². The van der Waals surface area contributed by atoms with Crippen molar-refractivity contribution in [2.45, 2.75) is 76.9 Å². The smallest absolute Gasteiger partial charge is 0.0955 e. The van der Waals surface area contributed by atoms with Gasteiger partial charge in [0.15, 0.2) is 0 Å². The molecule has 1 N–H and O–H groups in total. The Morgan fingerprint density at radius 1 is 1.28 bits per heavy atom. The van der Waals surface area contributed by atoms with Crippen molar-refractivity contribution >= 4 is 0 Å². The normalized spacial score (nSPS) is 17.0. The molecule has 18 heavy (non-hydrogen) atoms. The minimum Gasteiger partial charge on any atom is -0.387 e. The average Bonchev–Trinajstić information content (AvgIpc) is 3.11. The molecule has 1 aliphatic rings.